The van der Waals surface area contributed by atoms with E-state index in [1.165, 1.54) is 17.0 Å². The van der Waals surface area contributed by atoms with Crippen LogP contribution in [0.4, 0.5) is 13.2 Å². The first kappa shape index (κ1) is 16.9. The minimum atomic E-state index is -4.24. The third-order valence-corrected chi connectivity index (χ3v) is 4.34. The maximum absolute atomic E-state index is 12.6. The zero-order valence-corrected chi connectivity index (χ0v) is 13.8. The van der Waals surface area contributed by atoms with Crippen LogP contribution in [-0.4, -0.2) is 48.0 Å². The molecule has 1 aliphatic heterocycles. The molecule has 0 aromatic carbocycles. The van der Waals surface area contributed by atoms with Gasteiger partial charge in [-0.05, 0) is 33.2 Å². The summed E-state index contributed by atoms with van der Waals surface area (Å²) in [4.78, 5) is 10.6. The molecule has 2 aromatic rings. The number of hydrogen-bond donors (Lipinski definition) is 0. The molecule has 0 radical (unpaired) electrons. The molecule has 0 amide bonds. The van der Waals surface area contributed by atoms with Gasteiger partial charge in [-0.3, -0.25) is 4.90 Å². The zero-order valence-electron chi connectivity index (χ0n) is 13.8. The molecule has 24 heavy (non-hydrogen) atoms. The maximum atomic E-state index is 12.6. The van der Waals surface area contributed by atoms with Gasteiger partial charge in [0.2, 0.25) is 0 Å². The molecule has 0 saturated carbocycles. The first-order chi connectivity index (χ1) is 11.3. The van der Waals surface area contributed by atoms with Crippen molar-refractivity contribution in [2.45, 2.75) is 58.5 Å². The lowest BCUT2D eigenvalue weighted by Gasteiger charge is -2.24. The predicted octanol–water partition coefficient (Wildman–Crippen LogP) is 2.32. The summed E-state index contributed by atoms with van der Waals surface area (Å²) < 4.78 is 41.0. The molecule has 6 nitrogen and oxygen atoms in total. The number of hydrogen-bond acceptors (Lipinski definition) is 4. The summed E-state index contributed by atoms with van der Waals surface area (Å²) in [6.07, 6.45) is 0.598. The molecule has 1 unspecified atom stereocenters. The molecule has 1 fully saturated rings. The van der Waals surface area contributed by atoms with E-state index in [1.807, 2.05) is 18.5 Å². The lowest BCUT2D eigenvalue weighted by atomic mass is 10.2. The lowest BCUT2D eigenvalue weighted by molar-refractivity contribution is -0.141. The third-order valence-electron chi connectivity index (χ3n) is 4.34. The smallest absolute Gasteiger partial charge is 0.325 e. The van der Waals surface area contributed by atoms with Crippen LogP contribution in [0.5, 0.6) is 0 Å². The van der Waals surface area contributed by atoms with E-state index in [2.05, 4.69) is 20.0 Å². The molecule has 1 atom stereocenters. The van der Waals surface area contributed by atoms with Crippen molar-refractivity contribution in [2.24, 2.45) is 0 Å². The SMILES string of the molecule is Cc1nc(C)n(CC2CCCN2Cc2nccn2CC(F)(F)F)n1. The second-order valence-corrected chi connectivity index (χ2v) is 6.24. The monoisotopic (exact) mass is 342 g/mol. The minimum Gasteiger partial charge on any atom is -0.325 e. The summed E-state index contributed by atoms with van der Waals surface area (Å²) in [5, 5.41) is 4.38. The summed E-state index contributed by atoms with van der Waals surface area (Å²) in [6.45, 7) is 4.74. The van der Waals surface area contributed by atoms with E-state index < -0.39 is 12.7 Å². The standard InChI is InChI=1S/C15H21F3N6/c1-11-20-12(2)24(21-11)8-13-4-3-6-22(13)9-14-19-5-7-23(14)10-15(16,17)18/h5,7,13H,3-4,6,8-10H2,1-2H3. The third kappa shape index (κ3) is 3.95. The Morgan fingerprint density at radius 2 is 2.08 bits per heavy atom. The average molecular weight is 342 g/mol. The van der Waals surface area contributed by atoms with Crippen LogP contribution in [0.1, 0.15) is 30.3 Å². The number of alkyl halides is 3. The van der Waals surface area contributed by atoms with E-state index in [0.29, 0.717) is 18.9 Å². The average Bonchev–Trinajstić information content (AvgIpc) is 3.14. The Morgan fingerprint density at radius 3 is 2.75 bits per heavy atom. The molecule has 1 saturated heterocycles. The summed E-state index contributed by atoms with van der Waals surface area (Å²) in [5.74, 6) is 2.04. The Hall–Kier alpha value is -1.90. The number of aromatic nitrogens is 5. The number of halogens is 3. The Bertz CT molecular complexity index is 690. The number of nitrogens with zero attached hydrogens (tertiary/aromatic N) is 6. The van der Waals surface area contributed by atoms with Gasteiger partial charge in [-0.2, -0.15) is 18.3 Å². The van der Waals surface area contributed by atoms with E-state index in [0.717, 1.165) is 31.0 Å². The number of aryl methyl sites for hydroxylation is 2. The molecule has 132 valence electrons. The molecule has 0 bridgehead atoms. The topological polar surface area (TPSA) is 51.8 Å². The van der Waals surface area contributed by atoms with Gasteiger partial charge >= 0.3 is 6.18 Å². The molecule has 1 aliphatic rings. The summed E-state index contributed by atoms with van der Waals surface area (Å²) in [5.41, 5.74) is 0. The van der Waals surface area contributed by atoms with Crippen LogP contribution in [0.2, 0.25) is 0 Å². The molecule has 3 heterocycles. The van der Waals surface area contributed by atoms with E-state index >= 15 is 0 Å². The fraction of sp³-hybridized carbons (Fsp3) is 0.667. The lowest BCUT2D eigenvalue weighted by Crippen LogP contribution is -2.34. The molecule has 0 spiro atoms. The van der Waals surface area contributed by atoms with Crippen molar-refractivity contribution in [3.8, 4) is 0 Å². The fourth-order valence-electron chi connectivity index (χ4n) is 3.25. The van der Waals surface area contributed by atoms with Crippen LogP contribution in [0.25, 0.3) is 0 Å². The van der Waals surface area contributed by atoms with Crippen LogP contribution in [0.3, 0.4) is 0 Å². The van der Waals surface area contributed by atoms with Crippen molar-refractivity contribution >= 4 is 0 Å². The Morgan fingerprint density at radius 1 is 1.29 bits per heavy atom. The van der Waals surface area contributed by atoms with Gasteiger partial charge in [0.15, 0.2) is 0 Å². The molecule has 2 aromatic heterocycles. The number of imidazole rings is 1. The highest BCUT2D eigenvalue weighted by Gasteiger charge is 2.31. The minimum absolute atomic E-state index is 0.237. The highest BCUT2D eigenvalue weighted by Crippen LogP contribution is 2.23. The van der Waals surface area contributed by atoms with Crippen LogP contribution >= 0.6 is 0 Å². The van der Waals surface area contributed by atoms with Crippen molar-refractivity contribution in [2.75, 3.05) is 6.54 Å². The van der Waals surface area contributed by atoms with Gasteiger partial charge in [0.05, 0.1) is 13.1 Å². The van der Waals surface area contributed by atoms with Crippen LogP contribution in [0.15, 0.2) is 12.4 Å². The fourth-order valence-corrected chi connectivity index (χ4v) is 3.25. The van der Waals surface area contributed by atoms with E-state index in [9.17, 15) is 13.2 Å². The maximum Gasteiger partial charge on any atom is 0.406 e. The molecule has 3 rings (SSSR count). The summed E-state index contributed by atoms with van der Waals surface area (Å²) in [7, 11) is 0. The van der Waals surface area contributed by atoms with E-state index in [1.54, 1.807) is 0 Å². The van der Waals surface area contributed by atoms with Crippen LogP contribution < -0.4 is 0 Å². The predicted molar refractivity (Wildman–Crippen MR) is 81.2 cm³/mol. The van der Waals surface area contributed by atoms with Gasteiger partial charge in [0, 0.05) is 18.4 Å². The van der Waals surface area contributed by atoms with Gasteiger partial charge < -0.3 is 4.57 Å². The van der Waals surface area contributed by atoms with Crippen LogP contribution in [0, 0.1) is 13.8 Å². The van der Waals surface area contributed by atoms with Crippen molar-refractivity contribution in [1.82, 2.24) is 29.2 Å². The highest BCUT2D eigenvalue weighted by atomic mass is 19.4. The first-order valence-corrected chi connectivity index (χ1v) is 8.01. The largest absolute Gasteiger partial charge is 0.406 e. The summed E-state index contributed by atoms with van der Waals surface area (Å²) >= 11 is 0. The number of likely N-dealkylation sites (tertiary alicyclic amines) is 1. The van der Waals surface area contributed by atoms with Crippen LogP contribution in [-0.2, 0) is 19.6 Å². The van der Waals surface area contributed by atoms with Gasteiger partial charge in [0.25, 0.3) is 0 Å². The van der Waals surface area contributed by atoms with Crippen molar-refractivity contribution in [1.29, 1.82) is 0 Å². The Kier molecular flexibility index (Phi) is 4.62. The zero-order chi connectivity index (χ0) is 17.3. The van der Waals surface area contributed by atoms with Crippen molar-refractivity contribution in [3.05, 3.63) is 29.9 Å². The van der Waals surface area contributed by atoms with Crippen molar-refractivity contribution < 1.29 is 13.2 Å². The first-order valence-electron chi connectivity index (χ1n) is 8.01. The van der Waals surface area contributed by atoms with Gasteiger partial charge in [0.1, 0.15) is 24.0 Å². The summed E-state index contributed by atoms with van der Waals surface area (Å²) in [6, 6.07) is 0.237. The van der Waals surface area contributed by atoms with Crippen molar-refractivity contribution in [3.63, 3.8) is 0 Å². The molecule has 0 aliphatic carbocycles. The van der Waals surface area contributed by atoms with Gasteiger partial charge in [-0.25, -0.2) is 14.6 Å². The highest BCUT2D eigenvalue weighted by molar-refractivity contribution is 4.96. The molecular weight excluding hydrogens is 321 g/mol. The van der Waals surface area contributed by atoms with Gasteiger partial charge in [-0.1, -0.05) is 0 Å². The number of rotatable bonds is 5. The van der Waals surface area contributed by atoms with Gasteiger partial charge in [-0.15, -0.1) is 0 Å². The second kappa shape index (κ2) is 6.54. The normalized spacial score (nSPS) is 19.3. The molecule has 9 heteroatoms. The molecular formula is C15H21F3N6. The van der Waals surface area contributed by atoms with E-state index in [4.69, 9.17) is 0 Å². The Balaban J connectivity index is 1.68. The van der Waals surface area contributed by atoms with E-state index in [-0.39, 0.29) is 6.04 Å². The Labute approximate surface area is 138 Å². The quantitative estimate of drug-likeness (QED) is 0.837. The molecule has 0 N–H and O–H groups in total. The second-order valence-electron chi connectivity index (χ2n) is 6.24.